The zero-order valence-corrected chi connectivity index (χ0v) is 18.1. The van der Waals surface area contributed by atoms with Gasteiger partial charge in [-0.2, -0.15) is 0 Å². The highest BCUT2D eigenvalue weighted by molar-refractivity contribution is 5.93. The second-order valence-corrected chi connectivity index (χ2v) is 7.67. The lowest BCUT2D eigenvalue weighted by Gasteiger charge is -2.26. The molecule has 0 saturated heterocycles. The Bertz CT molecular complexity index is 842. The highest BCUT2D eigenvalue weighted by Gasteiger charge is 2.29. The van der Waals surface area contributed by atoms with Crippen molar-refractivity contribution >= 4 is 17.6 Å². The summed E-state index contributed by atoms with van der Waals surface area (Å²) >= 11 is 0. The second kappa shape index (κ2) is 12.6. The zero-order chi connectivity index (χ0) is 22.6. The van der Waals surface area contributed by atoms with Crippen LogP contribution in [0.4, 0.5) is 0 Å². The van der Waals surface area contributed by atoms with Crippen molar-refractivity contribution in [1.29, 1.82) is 0 Å². The maximum Gasteiger partial charge on any atom is 0.243 e. The summed E-state index contributed by atoms with van der Waals surface area (Å²) in [4.78, 5) is 41.7. The number of rotatable bonds is 12. The number of carbonyl (C=O) groups excluding carboxylic acids is 3. The summed E-state index contributed by atoms with van der Waals surface area (Å²) in [6.45, 7) is 3.16. The Morgan fingerprint density at radius 3 is 2.29 bits per heavy atom. The van der Waals surface area contributed by atoms with E-state index in [0.29, 0.717) is 19.3 Å². The van der Waals surface area contributed by atoms with Gasteiger partial charge in [0.15, 0.2) is 5.78 Å². The van der Waals surface area contributed by atoms with Crippen molar-refractivity contribution in [3.8, 4) is 0 Å². The predicted octanol–water partition coefficient (Wildman–Crippen LogP) is 1.83. The molecule has 7 heteroatoms. The summed E-state index contributed by atoms with van der Waals surface area (Å²) in [5, 5.41) is 14.9. The summed E-state index contributed by atoms with van der Waals surface area (Å²) in [7, 11) is 0. The van der Waals surface area contributed by atoms with E-state index in [2.05, 4.69) is 15.6 Å². The third-order valence-electron chi connectivity index (χ3n) is 5.35. The lowest BCUT2D eigenvalue weighted by atomic mass is 9.96. The fraction of sp³-hybridized carbons (Fsp3) is 0.417. The average Bonchev–Trinajstić information content (AvgIpc) is 2.80. The fourth-order valence-electron chi connectivity index (χ4n) is 3.25. The molecule has 0 aliphatic heterocycles. The molecular weight excluding hydrogens is 394 g/mol. The van der Waals surface area contributed by atoms with Crippen molar-refractivity contribution in [2.24, 2.45) is 5.92 Å². The summed E-state index contributed by atoms with van der Waals surface area (Å²) in [5.74, 6) is -1.27. The molecule has 2 aromatic rings. The van der Waals surface area contributed by atoms with Gasteiger partial charge in [-0.15, -0.1) is 0 Å². The van der Waals surface area contributed by atoms with Crippen LogP contribution < -0.4 is 10.6 Å². The number of carbonyl (C=O) groups is 3. The largest absolute Gasteiger partial charge is 0.389 e. The molecule has 31 heavy (non-hydrogen) atoms. The van der Waals surface area contributed by atoms with Gasteiger partial charge < -0.3 is 15.7 Å². The number of aryl methyl sites for hydroxylation is 1. The molecule has 0 bridgehead atoms. The summed E-state index contributed by atoms with van der Waals surface area (Å²) in [6.07, 6.45) is 4.98. The summed E-state index contributed by atoms with van der Waals surface area (Å²) in [6, 6.07) is 11.5. The minimum atomic E-state index is -0.818. The predicted molar refractivity (Wildman–Crippen MR) is 118 cm³/mol. The first-order valence-electron chi connectivity index (χ1n) is 10.6. The van der Waals surface area contributed by atoms with E-state index in [0.717, 1.165) is 11.1 Å². The van der Waals surface area contributed by atoms with Crippen LogP contribution in [0.1, 0.15) is 37.8 Å². The van der Waals surface area contributed by atoms with Gasteiger partial charge in [0, 0.05) is 12.4 Å². The Balaban J connectivity index is 2.04. The summed E-state index contributed by atoms with van der Waals surface area (Å²) in [5.41, 5.74) is 1.84. The Hall–Kier alpha value is -3.06. The van der Waals surface area contributed by atoms with Crippen LogP contribution in [0, 0.1) is 5.92 Å². The molecule has 0 spiro atoms. The molecule has 2 amide bonds. The highest BCUT2D eigenvalue weighted by atomic mass is 16.3. The van der Waals surface area contributed by atoms with Crippen molar-refractivity contribution in [2.45, 2.75) is 51.6 Å². The molecule has 0 radical (unpaired) electrons. The number of nitrogens with zero attached hydrogens (tertiary/aromatic N) is 1. The molecule has 3 N–H and O–H groups in total. The van der Waals surface area contributed by atoms with Crippen LogP contribution in [-0.4, -0.2) is 46.4 Å². The van der Waals surface area contributed by atoms with Crippen LogP contribution in [0.2, 0.25) is 0 Å². The van der Waals surface area contributed by atoms with Gasteiger partial charge in [-0.05, 0) is 42.0 Å². The van der Waals surface area contributed by atoms with Gasteiger partial charge in [0.05, 0.1) is 12.5 Å². The molecule has 1 aromatic carbocycles. The number of aliphatic hydroxyl groups excluding tert-OH is 1. The Morgan fingerprint density at radius 1 is 1.00 bits per heavy atom. The standard InChI is InChI=1S/C24H31N3O4/c1-3-17(2)23(27-22(30)15-19-11-13-25-14-12-19)24(31)26-20(21(29)16-28)10-9-18-7-5-4-6-8-18/h4-8,11-14,17,20,23,28H,3,9-10,15-16H2,1-2H3,(H,26,31)(H,27,30)/t17-,20-,23-/m0/s1. The Kier molecular flexibility index (Phi) is 9.84. The van der Waals surface area contributed by atoms with Crippen LogP contribution in [-0.2, 0) is 27.2 Å². The third kappa shape index (κ3) is 7.94. The SMILES string of the molecule is CC[C@H](C)[C@H](NC(=O)Cc1ccncc1)C(=O)N[C@@H](CCc1ccccc1)C(=O)CO. The number of nitrogens with one attached hydrogen (secondary N) is 2. The van der Waals surface area contributed by atoms with Crippen LogP contribution in [0.15, 0.2) is 54.9 Å². The van der Waals surface area contributed by atoms with Gasteiger partial charge in [0.1, 0.15) is 12.6 Å². The van der Waals surface area contributed by atoms with Gasteiger partial charge in [-0.3, -0.25) is 19.4 Å². The Morgan fingerprint density at radius 2 is 1.68 bits per heavy atom. The first-order chi connectivity index (χ1) is 14.9. The topological polar surface area (TPSA) is 108 Å². The number of Topliss-reactive ketones (excluding diaryl/α,β-unsaturated/α-hetero) is 1. The van der Waals surface area contributed by atoms with E-state index < -0.39 is 30.4 Å². The van der Waals surface area contributed by atoms with Crippen molar-refractivity contribution in [3.63, 3.8) is 0 Å². The van der Waals surface area contributed by atoms with Gasteiger partial charge in [-0.25, -0.2) is 0 Å². The molecule has 3 atom stereocenters. The lowest BCUT2D eigenvalue weighted by molar-refractivity contribution is -0.133. The van der Waals surface area contributed by atoms with E-state index in [-0.39, 0.29) is 18.2 Å². The number of aromatic nitrogens is 1. The van der Waals surface area contributed by atoms with Gasteiger partial charge >= 0.3 is 0 Å². The van der Waals surface area contributed by atoms with Crippen molar-refractivity contribution in [2.75, 3.05) is 6.61 Å². The maximum absolute atomic E-state index is 13.0. The molecule has 1 aromatic heterocycles. The molecule has 2 rings (SSSR count). The highest BCUT2D eigenvalue weighted by Crippen LogP contribution is 2.11. The van der Waals surface area contributed by atoms with Crippen LogP contribution in [0.25, 0.3) is 0 Å². The average molecular weight is 426 g/mol. The number of ketones is 1. The van der Waals surface area contributed by atoms with Gasteiger partial charge in [0.2, 0.25) is 11.8 Å². The van der Waals surface area contributed by atoms with E-state index >= 15 is 0 Å². The number of amides is 2. The third-order valence-corrected chi connectivity index (χ3v) is 5.35. The number of hydrogen-bond donors (Lipinski definition) is 3. The quantitative estimate of drug-likeness (QED) is 0.481. The number of benzene rings is 1. The second-order valence-electron chi connectivity index (χ2n) is 7.67. The number of aliphatic hydroxyl groups is 1. The fourth-order valence-corrected chi connectivity index (χ4v) is 3.25. The van der Waals surface area contributed by atoms with Gasteiger partial charge in [-0.1, -0.05) is 50.6 Å². The normalized spacial score (nSPS) is 13.6. The van der Waals surface area contributed by atoms with Crippen molar-refractivity contribution in [1.82, 2.24) is 15.6 Å². The van der Waals surface area contributed by atoms with E-state index in [4.69, 9.17) is 0 Å². The number of pyridine rings is 1. The first-order valence-corrected chi connectivity index (χ1v) is 10.6. The van der Waals surface area contributed by atoms with E-state index in [9.17, 15) is 19.5 Å². The van der Waals surface area contributed by atoms with Crippen molar-refractivity contribution < 1.29 is 19.5 Å². The molecule has 7 nitrogen and oxygen atoms in total. The van der Waals surface area contributed by atoms with Crippen LogP contribution in [0.3, 0.4) is 0 Å². The molecule has 0 aliphatic rings. The van der Waals surface area contributed by atoms with Crippen LogP contribution >= 0.6 is 0 Å². The minimum absolute atomic E-state index is 0.125. The van der Waals surface area contributed by atoms with E-state index in [1.165, 1.54) is 0 Å². The summed E-state index contributed by atoms with van der Waals surface area (Å²) < 4.78 is 0. The van der Waals surface area contributed by atoms with Crippen LogP contribution in [0.5, 0.6) is 0 Å². The monoisotopic (exact) mass is 425 g/mol. The van der Waals surface area contributed by atoms with E-state index in [1.54, 1.807) is 24.5 Å². The molecule has 0 fully saturated rings. The molecule has 0 saturated carbocycles. The molecule has 1 heterocycles. The lowest BCUT2D eigenvalue weighted by Crippen LogP contribution is -2.54. The molecular formula is C24H31N3O4. The number of hydrogen-bond acceptors (Lipinski definition) is 5. The van der Waals surface area contributed by atoms with E-state index in [1.807, 2.05) is 44.2 Å². The Labute approximate surface area is 183 Å². The first kappa shape index (κ1) is 24.2. The smallest absolute Gasteiger partial charge is 0.243 e. The molecule has 0 unspecified atom stereocenters. The minimum Gasteiger partial charge on any atom is -0.389 e. The molecule has 0 aliphatic carbocycles. The van der Waals surface area contributed by atoms with Gasteiger partial charge in [0.25, 0.3) is 0 Å². The zero-order valence-electron chi connectivity index (χ0n) is 18.1. The van der Waals surface area contributed by atoms with Crippen molar-refractivity contribution in [3.05, 3.63) is 66.0 Å². The maximum atomic E-state index is 13.0. The molecule has 166 valence electrons.